The van der Waals surface area contributed by atoms with Gasteiger partial charge in [-0.25, -0.2) is 0 Å². The Labute approximate surface area is 124 Å². The number of likely N-dealkylation sites (tertiary alicyclic amines) is 1. The number of aryl methyl sites for hydroxylation is 1. The highest BCUT2D eigenvalue weighted by molar-refractivity contribution is 7.14. The van der Waals surface area contributed by atoms with Crippen molar-refractivity contribution in [2.24, 2.45) is 5.41 Å². The number of piperidine rings is 1. The van der Waals surface area contributed by atoms with E-state index in [9.17, 15) is 4.79 Å². The molecule has 2 rings (SSSR count). The lowest BCUT2D eigenvalue weighted by Crippen LogP contribution is -2.40. The highest BCUT2D eigenvalue weighted by Gasteiger charge is 2.29. The van der Waals surface area contributed by atoms with E-state index in [0.717, 1.165) is 41.2 Å². The van der Waals surface area contributed by atoms with Gasteiger partial charge in [-0.05, 0) is 36.8 Å². The van der Waals surface area contributed by atoms with Crippen LogP contribution in [-0.2, 0) is 0 Å². The lowest BCUT2D eigenvalue weighted by atomic mass is 9.82. The van der Waals surface area contributed by atoms with Crippen molar-refractivity contribution in [2.75, 3.05) is 19.7 Å². The van der Waals surface area contributed by atoms with Crippen LogP contribution in [0, 0.1) is 24.2 Å². The van der Waals surface area contributed by atoms with Crippen LogP contribution in [0.4, 0.5) is 0 Å². The van der Waals surface area contributed by atoms with E-state index in [0.29, 0.717) is 5.41 Å². The van der Waals surface area contributed by atoms with Gasteiger partial charge in [-0.15, -0.1) is 11.3 Å². The Hall–Kier alpha value is -1.31. The average Bonchev–Trinajstić information content (AvgIpc) is 2.77. The lowest BCUT2D eigenvalue weighted by Gasteiger charge is -2.36. The highest BCUT2D eigenvalue weighted by Crippen LogP contribution is 2.31. The summed E-state index contributed by atoms with van der Waals surface area (Å²) in [7, 11) is 0. The number of hydrogen-bond donors (Lipinski definition) is 1. The Balaban J connectivity index is 2.10. The Morgan fingerprint density at radius 3 is 2.70 bits per heavy atom. The van der Waals surface area contributed by atoms with Gasteiger partial charge in [0.25, 0.3) is 5.91 Å². The Kier molecular flexibility index (Phi) is 4.52. The van der Waals surface area contributed by atoms with Gasteiger partial charge in [0.05, 0.1) is 9.75 Å². The van der Waals surface area contributed by atoms with Gasteiger partial charge in [0, 0.05) is 13.1 Å². The van der Waals surface area contributed by atoms with Crippen molar-refractivity contribution in [1.29, 1.82) is 0 Å². The van der Waals surface area contributed by atoms with Crippen LogP contribution in [0.25, 0.3) is 0 Å². The van der Waals surface area contributed by atoms with Gasteiger partial charge in [0.15, 0.2) is 0 Å². The smallest absolute Gasteiger partial charge is 0.263 e. The van der Waals surface area contributed by atoms with Crippen molar-refractivity contribution in [3.8, 4) is 11.8 Å². The monoisotopic (exact) mass is 291 g/mol. The largest absolute Gasteiger partial charge is 0.384 e. The normalized spacial score (nSPS) is 17.5. The molecule has 1 N–H and O–H groups in total. The summed E-state index contributed by atoms with van der Waals surface area (Å²) < 4.78 is 0. The number of aliphatic hydroxyl groups excluding tert-OH is 1. The molecule has 1 aromatic rings. The molecule has 1 aliphatic heterocycles. The minimum atomic E-state index is -0.151. The molecular formula is C16H21NO2S. The molecule has 0 aliphatic carbocycles. The third kappa shape index (κ3) is 3.41. The molecule has 1 fully saturated rings. The van der Waals surface area contributed by atoms with Crippen LogP contribution in [0.1, 0.15) is 46.8 Å². The second-order valence-corrected chi connectivity index (χ2v) is 7.09. The third-order valence-corrected chi connectivity index (χ3v) is 4.95. The molecule has 1 amide bonds. The first kappa shape index (κ1) is 15.1. The van der Waals surface area contributed by atoms with Crippen molar-refractivity contribution in [3.05, 3.63) is 21.4 Å². The summed E-state index contributed by atoms with van der Waals surface area (Å²) in [6, 6.07) is 1.91. The van der Waals surface area contributed by atoms with E-state index < -0.39 is 0 Å². The molecule has 0 unspecified atom stereocenters. The molecule has 1 saturated heterocycles. The zero-order chi connectivity index (χ0) is 14.8. The van der Waals surface area contributed by atoms with E-state index in [1.54, 1.807) is 0 Å². The predicted molar refractivity (Wildman–Crippen MR) is 81.9 cm³/mol. The van der Waals surface area contributed by atoms with Crippen LogP contribution >= 0.6 is 11.3 Å². The van der Waals surface area contributed by atoms with Crippen molar-refractivity contribution >= 4 is 17.2 Å². The molecule has 0 spiro atoms. The Morgan fingerprint density at radius 1 is 1.45 bits per heavy atom. The SMILES string of the molecule is Cc1cc(C(=O)N2CCC(C)(C)CC2)sc1C#CCO. The number of carbonyl (C=O) groups is 1. The van der Waals surface area contributed by atoms with Gasteiger partial charge in [-0.2, -0.15) is 0 Å². The maximum atomic E-state index is 12.5. The molecule has 1 aliphatic rings. The Morgan fingerprint density at radius 2 is 2.10 bits per heavy atom. The summed E-state index contributed by atoms with van der Waals surface area (Å²) in [5.41, 5.74) is 1.36. The van der Waals surface area contributed by atoms with Gasteiger partial charge < -0.3 is 10.0 Å². The lowest BCUT2D eigenvalue weighted by molar-refractivity contribution is 0.0635. The Bertz CT molecular complexity index is 553. The summed E-state index contributed by atoms with van der Waals surface area (Å²) in [5.74, 6) is 5.66. The quantitative estimate of drug-likeness (QED) is 0.808. The van der Waals surface area contributed by atoms with Crippen LogP contribution in [0.3, 0.4) is 0 Å². The van der Waals surface area contributed by atoms with Crippen molar-refractivity contribution in [2.45, 2.75) is 33.6 Å². The van der Waals surface area contributed by atoms with E-state index in [1.807, 2.05) is 17.9 Å². The maximum absolute atomic E-state index is 12.5. The standard InChI is InChI=1S/C16H21NO2S/c1-12-11-14(20-13(12)5-4-10-18)15(19)17-8-6-16(2,3)7-9-17/h11,18H,6-10H2,1-3H3. The van der Waals surface area contributed by atoms with Gasteiger partial charge in [-0.3, -0.25) is 4.79 Å². The molecule has 2 heterocycles. The maximum Gasteiger partial charge on any atom is 0.263 e. The van der Waals surface area contributed by atoms with Crippen LogP contribution in [0.5, 0.6) is 0 Å². The molecule has 0 radical (unpaired) electrons. The molecule has 0 atom stereocenters. The number of nitrogens with zero attached hydrogens (tertiary/aromatic N) is 1. The molecular weight excluding hydrogens is 270 g/mol. The molecule has 0 aromatic carbocycles. The third-order valence-electron chi connectivity index (χ3n) is 3.81. The summed E-state index contributed by atoms with van der Waals surface area (Å²) in [5, 5.41) is 8.74. The summed E-state index contributed by atoms with van der Waals surface area (Å²) in [6.07, 6.45) is 2.11. The highest BCUT2D eigenvalue weighted by atomic mass is 32.1. The van der Waals surface area contributed by atoms with Gasteiger partial charge >= 0.3 is 0 Å². The number of carbonyl (C=O) groups excluding carboxylic acids is 1. The molecule has 3 nitrogen and oxygen atoms in total. The van der Waals surface area contributed by atoms with Crippen molar-refractivity contribution in [1.82, 2.24) is 4.90 Å². The first-order chi connectivity index (χ1) is 9.43. The van der Waals surface area contributed by atoms with E-state index >= 15 is 0 Å². The van der Waals surface area contributed by atoms with Crippen LogP contribution in [-0.4, -0.2) is 35.6 Å². The van der Waals surface area contributed by atoms with Crippen molar-refractivity contribution < 1.29 is 9.90 Å². The number of amides is 1. The second-order valence-electron chi connectivity index (χ2n) is 6.04. The number of aliphatic hydroxyl groups is 1. The predicted octanol–water partition coefficient (Wildman–Crippen LogP) is 2.66. The first-order valence-corrected chi connectivity index (χ1v) is 7.74. The zero-order valence-corrected chi connectivity index (χ0v) is 13.1. The molecule has 108 valence electrons. The molecule has 4 heteroatoms. The number of hydrogen-bond acceptors (Lipinski definition) is 3. The minimum absolute atomic E-state index is 0.116. The van der Waals surface area contributed by atoms with E-state index in [2.05, 4.69) is 25.7 Å². The molecule has 1 aromatic heterocycles. The fourth-order valence-corrected chi connectivity index (χ4v) is 3.32. The van der Waals surface area contributed by atoms with Crippen LogP contribution < -0.4 is 0 Å². The van der Waals surface area contributed by atoms with E-state index in [1.165, 1.54) is 11.3 Å². The molecule has 0 bridgehead atoms. The molecule has 20 heavy (non-hydrogen) atoms. The summed E-state index contributed by atoms with van der Waals surface area (Å²) in [4.78, 5) is 16.1. The fraction of sp³-hybridized carbons (Fsp3) is 0.562. The second kappa shape index (κ2) is 5.99. The first-order valence-electron chi connectivity index (χ1n) is 6.92. The minimum Gasteiger partial charge on any atom is -0.384 e. The number of rotatable bonds is 1. The zero-order valence-electron chi connectivity index (χ0n) is 12.3. The van der Waals surface area contributed by atoms with Crippen LogP contribution in [0.2, 0.25) is 0 Å². The van der Waals surface area contributed by atoms with E-state index in [-0.39, 0.29) is 12.5 Å². The molecule has 0 saturated carbocycles. The van der Waals surface area contributed by atoms with Crippen molar-refractivity contribution in [3.63, 3.8) is 0 Å². The van der Waals surface area contributed by atoms with Gasteiger partial charge in [-0.1, -0.05) is 25.7 Å². The van der Waals surface area contributed by atoms with E-state index in [4.69, 9.17) is 5.11 Å². The van der Waals surface area contributed by atoms with Crippen LogP contribution in [0.15, 0.2) is 6.07 Å². The number of thiophene rings is 1. The average molecular weight is 291 g/mol. The fourth-order valence-electron chi connectivity index (χ4n) is 2.30. The summed E-state index contributed by atoms with van der Waals surface area (Å²) in [6.45, 7) is 7.98. The van der Waals surface area contributed by atoms with Gasteiger partial charge in [0.1, 0.15) is 6.61 Å². The van der Waals surface area contributed by atoms with Gasteiger partial charge in [0.2, 0.25) is 0 Å². The summed E-state index contributed by atoms with van der Waals surface area (Å²) >= 11 is 1.43. The topological polar surface area (TPSA) is 40.5 Å².